The van der Waals surface area contributed by atoms with Gasteiger partial charge in [-0.3, -0.25) is 0 Å². The minimum atomic E-state index is -0.243. The van der Waals surface area contributed by atoms with Crippen LogP contribution >= 0.6 is 11.6 Å². The van der Waals surface area contributed by atoms with E-state index in [4.69, 9.17) is 11.6 Å². The fourth-order valence-electron chi connectivity index (χ4n) is 2.55. The van der Waals surface area contributed by atoms with Crippen molar-refractivity contribution >= 4 is 28.9 Å². The molecule has 0 aromatic heterocycles. The van der Waals surface area contributed by atoms with Crippen LogP contribution < -0.4 is 5.32 Å². The summed E-state index contributed by atoms with van der Waals surface area (Å²) in [7, 11) is 0. The van der Waals surface area contributed by atoms with Crippen LogP contribution in [0.25, 0.3) is 5.57 Å². The van der Waals surface area contributed by atoms with E-state index in [9.17, 15) is 9.18 Å². The van der Waals surface area contributed by atoms with Crippen molar-refractivity contribution in [3.05, 3.63) is 71.0 Å². The summed E-state index contributed by atoms with van der Waals surface area (Å²) in [5.41, 5.74) is 2.81. The van der Waals surface area contributed by atoms with Crippen molar-refractivity contribution in [1.82, 2.24) is 4.90 Å². The average molecular weight is 331 g/mol. The predicted molar refractivity (Wildman–Crippen MR) is 91.0 cm³/mol. The smallest absolute Gasteiger partial charge is 0.320 e. The van der Waals surface area contributed by atoms with Gasteiger partial charge in [-0.25, -0.2) is 9.18 Å². The summed E-state index contributed by atoms with van der Waals surface area (Å²) in [4.78, 5) is 14.0. The molecule has 0 bridgehead atoms. The quantitative estimate of drug-likeness (QED) is 0.842. The summed E-state index contributed by atoms with van der Waals surface area (Å²) in [6, 6.07) is 13.4. The van der Waals surface area contributed by atoms with Gasteiger partial charge < -0.3 is 10.2 Å². The molecule has 0 fully saturated rings. The van der Waals surface area contributed by atoms with Gasteiger partial charge in [0.2, 0.25) is 0 Å². The van der Waals surface area contributed by atoms with Crippen molar-refractivity contribution in [1.29, 1.82) is 0 Å². The van der Waals surface area contributed by atoms with Crippen molar-refractivity contribution in [3.8, 4) is 0 Å². The summed E-state index contributed by atoms with van der Waals surface area (Å²) in [6.07, 6.45) is 2.75. The predicted octanol–water partition coefficient (Wildman–Crippen LogP) is 4.80. The number of benzene rings is 2. The number of anilines is 1. The lowest BCUT2D eigenvalue weighted by atomic mass is 10.00. The topological polar surface area (TPSA) is 32.3 Å². The van der Waals surface area contributed by atoms with Crippen LogP contribution in [0.2, 0.25) is 5.02 Å². The highest BCUT2D eigenvalue weighted by Gasteiger charge is 2.18. The van der Waals surface area contributed by atoms with E-state index in [0.29, 0.717) is 23.8 Å². The Kier molecular flexibility index (Phi) is 4.63. The zero-order valence-electron chi connectivity index (χ0n) is 12.4. The molecule has 1 N–H and O–H groups in total. The van der Waals surface area contributed by atoms with Gasteiger partial charge in [-0.15, -0.1) is 0 Å². The van der Waals surface area contributed by atoms with E-state index < -0.39 is 0 Å². The van der Waals surface area contributed by atoms with Crippen LogP contribution in [0.15, 0.2) is 54.6 Å². The van der Waals surface area contributed by atoms with E-state index >= 15 is 0 Å². The molecule has 2 aromatic carbocycles. The standard InChI is InChI=1S/C18H16ClFN2O/c19-15-2-1-3-17(12-15)21-18(23)22-10-8-14(9-11-22)13-4-6-16(20)7-5-13/h1-8,12H,9-11H2,(H,21,23). The first kappa shape index (κ1) is 15.6. The molecule has 0 radical (unpaired) electrons. The van der Waals surface area contributed by atoms with Crippen LogP contribution in [0.5, 0.6) is 0 Å². The SMILES string of the molecule is O=C(Nc1cccc(Cl)c1)N1CC=C(c2ccc(F)cc2)CC1. The number of carbonyl (C=O) groups excluding carboxylic acids is 1. The minimum Gasteiger partial charge on any atom is -0.320 e. The van der Waals surface area contributed by atoms with Gasteiger partial charge in [0.05, 0.1) is 0 Å². The van der Waals surface area contributed by atoms with Crippen molar-refractivity contribution in [3.63, 3.8) is 0 Å². The van der Waals surface area contributed by atoms with Gasteiger partial charge in [0.1, 0.15) is 5.82 Å². The number of halogens is 2. The number of carbonyl (C=O) groups is 1. The number of hydrogen-bond donors (Lipinski definition) is 1. The Morgan fingerprint density at radius 1 is 1.17 bits per heavy atom. The van der Waals surface area contributed by atoms with E-state index in [-0.39, 0.29) is 11.8 Å². The molecule has 0 saturated carbocycles. The molecule has 0 spiro atoms. The highest BCUT2D eigenvalue weighted by atomic mass is 35.5. The maximum Gasteiger partial charge on any atom is 0.322 e. The van der Waals surface area contributed by atoms with Gasteiger partial charge >= 0.3 is 6.03 Å². The highest BCUT2D eigenvalue weighted by Crippen LogP contribution is 2.23. The number of nitrogens with one attached hydrogen (secondary N) is 1. The maximum atomic E-state index is 13.0. The Bertz CT molecular complexity index is 743. The van der Waals surface area contributed by atoms with E-state index in [1.165, 1.54) is 12.1 Å². The molecular formula is C18H16ClFN2O. The van der Waals surface area contributed by atoms with Crippen LogP contribution in [-0.4, -0.2) is 24.0 Å². The van der Waals surface area contributed by atoms with Crippen LogP contribution in [-0.2, 0) is 0 Å². The molecule has 0 aliphatic carbocycles. The van der Waals surface area contributed by atoms with Crippen LogP contribution in [0.1, 0.15) is 12.0 Å². The Morgan fingerprint density at radius 2 is 1.96 bits per heavy atom. The molecule has 23 heavy (non-hydrogen) atoms. The molecular weight excluding hydrogens is 315 g/mol. The zero-order valence-corrected chi connectivity index (χ0v) is 13.2. The Labute approximate surface area is 139 Å². The molecule has 2 aromatic rings. The van der Waals surface area contributed by atoms with Gasteiger partial charge in [-0.2, -0.15) is 0 Å². The molecule has 0 unspecified atom stereocenters. The largest absolute Gasteiger partial charge is 0.322 e. The molecule has 2 amide bonds. The number of nitrogens with zero attached hydrogens (tertiary/aromatic N) is 1. The second-order valence-corrected chi connectivity index (χ2v) is 5.81. The van der Waals surface area contributed by atoms with Crippen molar-refractivity contribution in [2.75, 3.05) is 18.4 Å². The van der Waals surface area contributed by atoms with E-state index in [2.05, 4.69) is 5.32 Å². The van der Waals surface area contributed by atoms with Crippen molar-refractivity contribution < 1.29 is 9.18 Å². The summed E-state index contributed by atoms with van der Waals surface area (Å²) in [5.74, 6) is -0.243. The third-order valence-corrected chi connectivity index (χ3v) is 4.02. The minimum absolute atomic E-state index is 0.151. The molecule has 1 aliphatic heterocycles. The second-order valence-electron chi connectivity index (χ2n) is 5.37. The number of amides is 2. The Morgan fingerprint density at radius 3 is 2.61 bits per heavy atom. The molecule has 1 aliphatic rings. The molecule has 3 rings (SSSR count). The van der Waals surface area contributed by atoms with Gasteiger partial charge in [0, 0.05) is 23.8 Å². The molecule has 3 nitrogen and oxygen atoms in total. The van der Waals surface area contributed by atoms with Gasteiger partial charge in [0.25, 0.3) is 0 Å². The van der Waals surface area contributed by atoms with Crippen molar-refractivity contribution in [2.45, 2.75) is 6.42 Å². The van der Waals surface area contributed by atoms with Crippen LogP contribution in [0.4, 0.5) is 14.9 Å². The Balaban J connectivity index is 1.63. The van der Waals surface area contributed by atoms with Crippen molar-refractivity contribution in [2.24, 2.45) is 0 Å². The number of hydrogen-bond acceptors (Lipinski definition) is 1. The summed E-state index contributed by atoms with van der Waals surface area (Å²) in [6.45, 7) is 1.15. The fraction of sp³-hybridized carbons (Fsp3) is 0.167. The Hall–Kier alpha value is -2.33. The van der Waals surface area contributed by atoms with E-state index in [1.807, 2.05) is 6.08 Å². The summed E-state index contributed by atoms with van der Waals surface area (Å²) < 4.78 is 13.0. The number of urea groups is 1. The van der Waals surface area contributed by atoms with E-state index in [1.54, 1.807) is 41.3 Å². The van der Waals surface area contributed by atoms with Gasteiger partial charge in [0.15, 0.2) is 0 Å². The lowest BCUT2D eigenvalue weighted by molar-refractivity contribution is 0.217. The van der Waals surface area contributed by atoms with E-state index in [0.717, 1.165) is 17.6 Å². The average Bonchev–Trinajstić information content (AvgIpc) is 2.56. The monoisotopic (exact) mass is 330 g/mol. The highest BCUT2D eigenvalue weighted by molar-refractivity contribution is 6.30. The first-order valence-corrected chi connectivity index (χ1v) is 7.76. The van der Waals surface area contributed by atoms with Gasteiger partial charge in [-0.05, 0) is 47.9 Å². The third kappa shape index (κ3) is 3.90. The maximum absolute atomic E-state index is 13.0. The molecule has 5 heteroatoms. The second kappa shape index (κ2) is 6.84. The summed E-state index contributed by atoms with van der Waals surface area (Å²) >= 11 is 5.91. The fourth-order valence-corrected chi connectivity index (χ4v) is 2.74. The molecule has 0 saturated heterocycles. The first-order valence-electron chi connectivity index (χ1n) is 7.38. The zero-order chi connectivity index (χ0) is 16.2. The third-order valence-electron chi connectivity index (χ3n) is 3.79. The normalized spacial score (nSPS) is 14.3. The number of rotatable bonds is 2. The lowest BCUT2D eigenvalue weighted by Crippen LogP contribution is -2.37. The first-order chi connectivity index (χ1) is 11.1. The molecule has 1 heterocycles. The lowest BCUT2D eigenvalue weighted by Gasteiger charge is -2.27. The van der Waals surface area contributed by atoms with Crippen LogP contribution in [0, 0.1) is 5.82 Å². The van der Waals surface area contributed by atoms with Crippen LogP contribution in [0.3, 0.4) is 0 Å². The molecule has 0 atom stereocenters. The van der Waals surface area contributed by atoms with Gasteiger partial charge in [-0.1, -0.05) is 35.9 Å². The molecule has 118 valence electrons. The summed E-state index contributed by atoms with van der Waals surface area (Å²) in [5, 5.41) is 3.42.